The van der Waals surface area contributed by atoms with Gasteiger partial charge in [-0.3, -0.25) is 0 Å². The van der Waals surface area contributed by atoms with Crippen molar-refractivity contribution in [3.8, 4) is 5.75 Å². The molecule has 0 aromatic heterocycles. The van der Waals surface area contributed by atoms with Crippen molar-refractivity contribution < 1.29 is 23.2 Å². The predicted molar refractivity (Wildman–Crippen MR) is 77.8 cm³/mol. The first-order valence-corrected chi connectivity index (χ1v) is 6.76. The number of allylic oxidation sites excluding steroid dienone is 1. The van der Waals surface area contributed by atoms with Crippen LogP contribution < -0.4 is 0 Å². The van der Waals surface area contributed by atoms with Crippen LogP contribution in [-0.4, -0.2) is 23.4 Å². The summed E-state index contributed by atoms with van der Waals surface area (Å²) >= 11 is 0. The Kier molecular flexibility index (Phi) is 3.89. The molecule has 21 heavy (non-hydrogen) atoms. The monoisotopic (exact) mass is 296 g/mol. The van der Waals surface area contributed by atoms with Crippen LogP contribution >= 0.6 is 0 Å². The van der Waals surface area contributed by atoms with Gasteiger partial charge in [-0.15, -0.1) is 0 Å². The number of phenols is 1. The van der Waals surface area contributed by atoms with E-state index in [1.54, 1.807) is 0 Å². The fraction of sp³-hybridized carbons (Fsp3) is 0.467. The Hall–Kier alpha value is -1.40. The van der Waals surface area contributed by atoms with Gasteiger partial charge in [0.1, 0.15) is 17.3 Å². The number of halogens is 2. The van der Waals surface area contributed by atoms with Crippen LogP contribution in [0.1, 0.15) is 40.2 Å². The second-order valence-corrected chi connectivity index (χ2v) is 6.22. The second kappa shape index (κ2) is 5.11. The summed E-state index contributed by atoms with van der Waals surface area (Å²) in [7, 11) is -1.14. The molecule has 1 aliphatic rings. The average molecular weight is 296 g/mol. The maximum atomic E-state index is 14.6. The van der Waals surface area contributed by atoms with E-state index in [9.17, 15) is 13.9 Å². The van der Waals surface area contributed by atoms with E-state index < -0.39 is 29.9 Å². The van der Waals surface area contributed by atoms with Crippen LogP contribution in [0, 0.1) is 5.82 Å². The van der Waals surface area contributed by atoms with Gasteiger partial charge in [0.2, 0.25) is 0 Å². The molecule has 0 aliphatic carbocycles. The quantitative estimate of drug-likeness (QED) is 0.842. The zero-order valence-corrected chi connectivity index (χ0v) is 12.8. The van der Waals surface area contributed by atoms with Crippen molar-refractivity contribution in [1.29, 1.82) is 0 Å². The van der Waals surface area contributed by atoms with Crippen LogP contribution in [0.4, 0.5) is 8.78 Å². The summed E-state index contributed by atoms with van der Waals surface area (Å²) < 4.78 is 38.8. The Balaban J connectivity index is 2.36. The van der Waals surface area contributed by atoms with Gasteiger partial charge in [-0.2, -0.15) is 0 Å². The smallest absolute Gasteiger partial charge is 0.507 e. The highest BCUT2D eigenvalue weighted by Crippen LogP contribution is 2.40. The normalized spacial score (nSPS) is 21.4. The summed E-state index contributed by atoms with van der Waals surface area (Å²) in [6, 6.07) is 3.43. The SMILES string of the molecule is CC(=C(F)B1OC(C)(C)C(C)(C)O1)c1ccc(F)cc1O. The van der Waals surface area contributed by atoms with Gasteiger partial charge in [-0.1, -0.05) is 0 Å². The molecule has 0 unspecified atom stereocenters. The lowest BCUT2D eigenvalue weighted by Gasteiger charge is -2.32. The average Bonchev–Trinajstić information content (AvgIpc) is 2.57. The lowest BCUT2D eigenvalue weighted by molar-refractivity contribution is 0.00578. The van der Waals surface area contributed by atoms with Crippen LogP contribution in [0.15, 0.2) is 23.9 Å². The Morgan fingerprint density at radius 2 is 1.67 bits per heavy atom. The molecule has 6 heteroatoms. The zero-order valence-electron chi connectivity index (χ0n) is 12.8. The molecule has 0 amide bonds. The Bertz CT molecular complexity index is 581. The standard InChI is InChI=1S/C15H19BF2O3/c1-9(11-7-6-10(17)8-12(11)19)13(18)16-20-14(2,3)15(4,5)21-16/h6-8,19H,1-5H3. The lowest BCUT2D eigenvalue weighted by atomic mass is 9.83. The number of phenolic OH excluding ortho intramolecular Hbond substituents is 1. The molecule has 1 aromatic rings. The summed E-state index contributed by atoms with van der Waals surface area (Å²) in [5.74, 6) is -0.903. The van der Waals surface area contributed by atoms with Crippen molar-refractivity contribution in [1.82, 2.24) is 0 Å². The first-order valence-electron chi connectivity index (χ1n) is 6.76. The molecule has 2 rings (SSSR count). The molecule has 1 aliphatic heterocycles. The van der Waals surface area contributed by atoms with Crippen molar-refractivity contribution in [3.63, 3.8) is 0 Å². The first-order chi connectivity index (χ1) is 9.55. The number of rotatable bonds is 2. The summed E-state index contributed by atoms with van der Waals surface area (Å²) in [6.07, 6.45) is 0. The molecule has 0 spiro atoms. The van der Waals surface area contributed by atoms with Gasteiger partial charge in [0.25, 0.3) is 0 Å². The Morgan fingerprint density at radius 1 is 1.14 bits per heavy atom. The fourth-order valence-electron chi connectivity index (χ4n) is 2.07. The molecule has 3 nitrogen and oxygen atoms in total. The Morgan fingerprint density at radius 3 is 2.14 bits per heavy atom. The third-order valence-electron chi connectivity index (χ3n) is 4.18. The highest BCUT2D eigenvalue weighted by atomic mass is 19.1. The van der Waals surface area contributed by atoms with Gasteiger partial charge in [0.05, 0.1) is 11.2 Å². The van der Waals surface area contributed by atoms with Crippen LogP contribution in [0.3, 0.4) is 0 Å². The van der Waals surface area contributed by atoms with Gasteiger partial charge in [-0.25, -0.2) is 8.78 Å². The highest BCUT2D eigenvalue weighted by molar-refractivity contribution is 6.55. The van der Waals surface area contributed by atoms with Crippen molar-refractivity contribution in [2.24, 2.45) is 0 Å². The van der Waals surface area contributed by atoms with E-state index in [1.807, 2.05) is 27.7 Å². The van der Waals surface area contributed by atoms with Crippen LogP contribution in [-0.2, 0) is 9.31 Å². The summed E-state index contributed by atoms with van der Waals surface area (Å²) in [5, 5.41) is 9.74. The highest BCUT2D eigenvalue weighted by Gasteiger charge is 2.53. The molecule has 0 bridgehead atoms. The summed E-state index contributed by atoms with van der Waals surface area (Å²) in [4.78, 5) is 0. The lowest BCUT2D eigenvalue weighted by Crippen LogP contribution is -2.41. The van der Waals surface area contributed by atoms with E-state index in [4.69, 9.17) is 9.31 Å². The second-order valence-electron chi connectivity index (χ2n) is 6.22. The van der Waals surface area contributed by atoms with Crippen molar-refractivity contribution in [3.05, 3.63) is 35.3 Å². The number of hydrogen-bond acceptors (Lipinski definition) is 3. The largest absolute Gasteiger partial charge is 0.525 e. The topological polar surface area (TPSA) is 38.7 Å². The maximum absolute atomic E-state index is 14.6. The molecule has 1 saturated heterocycles. The van der Waals surface area contributed by atoms with E-state index in [2.05, 4.69) is 0 Å². The number of hydrogen-bond donors (Lipinski definition) is 1. The molecule has 1 aromatic carbocycles. The van der Waals surface area contributed by atoms with Gasteiger partial charge in [0, 0.05) is 11.6 Å². The molecule has 1 heterocycles. The van der Waals surface area contributed by atoms with Gasteiger partial charge in [-0.05, 0) is 52.3 Å². The van der Waals surface area contributed by atoms with Gasteiger partial charge >= 0.3 is 7.12 Å². The van der Waals surface area contributed by atoms with Crippen molar-refractivity contribution in [2.75, 3.05) is 0 Å². The minimum absolute atomic E-state index is 0.158. The minimum atomic E-state index is -1.14. The number of aromatic hydroxyl groups is 1. The molecular weight excluding hydrogens is 277 g/mol. The van der Waals surface area contributed by atoms with E-state index in [1.165, 1.54) is 13.0 Å². The van der Waals surface area contributed by atoms with E-state index in [-0.39, 0.29) is 16.9 Å². The third-order valence-corrected chi connectivity index (χ3v) is 4.18. The molecule has 0 atom stereocenters. The molecular formula is C15H19BF2O3. The molecule has 1 N–H and O–H groups in total. The molecule has 0 radical (unpaired) electrons. The van der Waals surface area contributed by atoms with E-state index in [0.717, 1.165) is 12.1 Å². The van der Waals surface area contributed by atoms with E-state index in [0.29, 0.717) is 0 Å². The van der Waals surface area contributed by atoms with Crippen LogP contribution in [0.5, 0.6) is 5.75 Å². The summed E-state index contributed by atoms with van der Waals surface area (Å²) in [6.45, 7) is 8.79. The number of benzene rings is 1. The molecule has 0 saturated carbocycles. The van der Waals surface area contributed by atoms with Crippen LogP contribution in [0.2, 0.25) is 0 Å². The van der Waals surface area contributed by atoms with E-state index >= 15 is 0 Å². The van der Waals surface area contributed by atoms with Crippen LogP contribution in [0.25, 0.3) is 5.57 Å². The first kappa shape index (κ1) is 16.0. The summed E-state index contributed by atoms with van der Waals surface area (Å²) in [5.41, 5.74) is -1.56. The molecule has 114 valence electrons. The van der Waals surface area contributed by atoms with Crippen molar-refractivity contribution >= 4 is 12.7 Å². The minimum Gasteiger partial charge on any atom is -0.507 e. The molecule has 1 fully saturated rings. The Labute approximate surface area is 123 Å². The maximum Gasteiger partial charge on any atom is 0.525 e. The predicted octanol–water partition coefficient (Wildman–Crippen LogP) is 3.86. The van der Waals surface area contributed by atoms with Gasteiger partial charge in [0.15, 0.2) is 0 Å². The van der Waals surface area contributed by atoms with Gasteiger partial charge < -0.3 is 14.4 Å². The van der Waals surface area contributed by atoms with Crippen molar-refractivity contribution in [2.45, 2.75) is 45.8 Å². The third kappa shape index (κ3) is 2.83. The fourth-order valence-corrected chi connectivity index (χ4v) is 2.07. The zero-order chi connectivity index (χ0) is 16.0.